The maximum Gasteiger partial charge on any atom is 0.171 e. The molecule has 116 valence electrons. The van der Waals surface area contributed by atoms with Gasteiger partial charge in [0.05, 0.1) is 15.6 Å². The zero-order valence-corrected chi connectivity index (χ0v) is 13.8. The minimum atomic E-state index is 0.0830. The van der Waals surface area contributed by atoms with Crippen LogP contribution in [0.15, 0.2) is 0 Å². The molecular formula is C16H25N3OS. The minimum Gasteiger partial charge on any atom is -0.397 e. The highest BCUT2D eigenvalue weighted by Gasteiger charge is 2.32. The molecule has 0 radical (unpaired) electrons. The Labute approximate surface area is 130 Å². The van der Waals surface area contributed by atoms with Gasteiger partial charge >= 0.3 is 0 Å². The molecule has 0 spiro atoms. The summed E-state index contributed by atoms with van der Waals surface area (Å²) in [6.07, 6.45) is 5.04. The number of rotatable bonds is 6. The molecule has 5 heteroatoms. The molecule has 1 aromatic heterocycles. The third kappa shape index (κ3) is 3.24. The van der Waals surface area contributed by atoms with Crippen LogP contribution in [0.1, 0.15) is 60.7 Å². The highest BCUT2D eigenvalue weighted by atomic mass is 32.1. The number of nitrogens with zero attached hydrogens (tertiary/aromatic N) is 1. The third-order valence-corrected chi connectivity index (χ3v) is 5.65. The van der Waals surface area contributed by atoms with Crippen LogP contribution < -0.4 is 11.1 Å². The Balaban J connectivity index is 1.74. The summed E-state index contributed by atoms with van der Waals surface area (Å²) in [5.74, 6) is 0.649. The molecule has 0 bridgehead atoms. The molecule has 1 aromatic rings. The summed E-state index contributed by atoms with van der Waals surface area (Å²) in [4.78, 5) is 15.0. The maximum absolute atomic E-state index is 11.7. The quantitative estimate of drug-likeness (QED) is 0.792. The molecule has 1 atom stereocenters. The van der Waals surface area contributed by atoms with Crippen molar-refractivity contribution in [1.29, 1.82) is 0 Å². The molecule has 2 fully saturated rings. The topological polar surface area (TPSA) is 58.4 Å². The van der Waals surface area contributed by atoms with Crippen molar-refractivity contribution in [2.24, 2.45) is 0 Å². The fourth-order valence-corrected chi connectivity index (χ4v) is 4.44. The van der Waals surface area contributed by atoms with Gasteiger partial charge in [0.15, 0.2) is 5.78 Å². The van der Waals surface area contributed by atoms with Crippen LogP contribution in [0, 0.1) is 0 Å². The predicted octanol–water partition coefficient (Wildman–Crippen LogP) is 3.31. The molecule has 4 nitrogen and oxygen atoms in total. The molecule has 2 heterocycles. The van der Waals surface area contributed by atoms with E-state index in [1.807, 2.05) is 0 Å². The van der Waals surface area contributed by atoms with E-state index in [2.05, 4.69) is 17.1 Å². The first-order valence-electron chi connectivity index (χ1n) is 7.98. The van der Waals surface area contributed by atoms with Gasteiger partial charge in [-0.1, -0.05) is 0 Å². The molecular weight excluding hydrogens is 282 g/mol. The largest absolute Gasteiger partial charge is 0.397 e. The molecule has 0 amide bonds. The molecule has 21 heavy (non-hydrogen) atoms. The first-order chi connectivity index (χ1) is 10.1. The molecule has 3 N–H and O–H groups in total. The van der Waals surface area contributed by atoms with Gasteiger partial charge in [0.1, 0.15) is 0 Å². The van der Waals surface area contributed by atoms with Crippen LogP contribution in [0.4, 0.5) is 10.7 Å². The van der Waals surface area contributed by atoms with Gasteiger partial charge in [0.2, 0.25) is 0 Å². The lowest BCUT2D eigenvalue weighted by Gasteiger charge is -2.22. The summed E-state index contributed by atoms with van der Waals surface area (Å²) in [6.45, 7) is 7.32. The van der Waals surface area contributed by atoms with E-state index in [1.165, 1.54) is 44.3 Å². The maximum atomic E-state index is 11.7. The van der Waals surface area contributed by atoms with E-state index >= 15 is 0 Å². The van der Waals surface area contributed by atoms with Crippen LogP contribution in [-0.4, -0.2) is 36.4 Å². The van der Waals surface area contributed by atoms with E-state index < -0.39 is 0 Å². The molecule has 1 saturated heterocycles. The average Bonchev–Trinajstić information content (AvgIpc) is 3.01. The number of nitrogens with one attached hydrogen (secondary N) is 1. The van der Waals surface area contributed by atoms with E-state index in [-0.39, 0.29) is 5.78 Å². The van der Waals surface area contributed by atoms with Crippen molar-refractivity contribution in [1.82, 2.24) is 4.90 Å². The molecule has 1 aliphatic heterocycles. The van der Waals surface area contributed by atoms with Gasteiger partial charge in [-0.3, -0.25) is 4.79 Å². The summed E-state index contributed by atoms with van der Waals surface area (Å²) in [6, 6.07) is 0.387. The monoisotopic (exact) mass is 307 g/mol. The van der Waals surface area contributed by atoms with Crippen molar-refractivity contribution in [2.75, 3.05) is 30.7 Å². The number of nitrogens with two attached hydrogens (primary N) is 1. The molecule has 3 rings (SSSR count). The summed E-state index contributed by atoms with van der Waals surface area (Å²) < 4.78 is 0. The van der Waals surface area contributed by atoms with Crippen LogP contribution in [0.25, 0.3) is 0 Å². The van der Waals surface area contributed by atoms with Crippen LogP contribution in [0.5, 0.6) is 0 Å². The van der Waals surface area contributed by atoms with E-state index in [9.17, 15) is 4.79 Å². The van der Waals surface area contributed by atoms with Crippen molar-refractivity contribution < 1.29 is 4.79 Å². The van der Waals surface area contributed by atoms with Gasteiger partial charge in [-0.05, 0) is 51.6 Å². The lowest BCUT2D eigenvalue weighted by atomic mass is 10.1. The molecule has 1 aliphatic carbocycles. The van der Waals surface area contributed by atoms with Crippen LogP contribution >= 0.6 is 11.3 Å². The third-order valence-electron chi connectivity index (χ3n) is 4.40. The number of likely N-dealkylation sites (tertiary alicyclic amines) is 1. The smallest absolute Gasteiger partial charge is 0.171 e. The zero-order valence-electron chi connectivity index (χ0n) is 12.9. The van der Waals surface area contributed by atoms with Crippen molar-refractivity contribution in [3.63, 3.8) is 0 Å². The zero-order chi connectivity index (χ0) is 15.0. The Bertz CT molecular complexity index is 530. The number of nitrogen functional groups attached to an aromatic ring is 1. The SMILES string of the molecule is CC(=O)c1sc(NC(C)CN2CCCC2)c(C2CC2)c1N. The Morgan fingerprint density at radius 3 is 2.67 bits per heavy atom. The Hall–Kier alpha value is -1.07. The molecule has 2 aliphatic rings. The van der Waals surface area contributed by atoms with Crippen LogP contribution in [-0.2, 0) is 0 Å². The average molecular weight is 307 g/mol. The second-order valence-corrected chi connectivity index (χ2v) is 7.49. The lowest BCUT2D eigenvalue weighted by molar-refractivity contribution is 0.102. The number of Topliss-reactive ketones (excluding diaryl/α,β-unsaturated/α-hetero) is 1. The van der Waals surface area contributed by atoms with Crippen LogP contribution in [0.2, 0.25) is 0 Å². The summed E-state index contributed by atoms with van der Waals surface area (Å²) in [5, 5.41) is 4.75. The fraction of sp³-hybridized carbons (Fsp3) is 0.688. The van der Waals surface area contributed by atoms with Crippen LogP contribution in [0.3, 0.4) is 0 Å². The lowest BCUT2D eigenvalue weighted by Crippen LogP contribution is -2.32. The summed E-state index contributed by atoms with van der Waals surface area (Å²) >= 11 is 1.54. The Morgan fingerprint density at radius 2 is 2.10 bits per heavy atom. The molecule has 1 unspecified atom stereocenters. The Morgan fingerprint density at radius 1 is 1.43 bits per heavy atom. The summed E-state index contributed by atoms with van der Waals surface area (Å²) in [7, 11) is 0. The van der Waals surface area contributed by atoms with E-state index in [4.69, 9.17) is 5.73 Å². The predicted molar refractivity (Wildman–Crippen MR) is 89.5 cm³/mol. The number of carbonyl (C=O) groups is 1. The standard InChI is InChI=1S/C16H25N3OS/c1-10(9-19-7-3-4-8-19)18-16-13(12-5-6-12)14(17)15(21-16)11(2)20/h10,12,18H,3-9,17H2,1-2H3. The van der Waals surface area contributed by atoms with Gasteiger partial charge in [-0.25, -0.2) is 0 Å². The van der Waals surface area contributed by atoms with Crippen molar-refractivity contribution in [3.05, 3.63) is 10.4 Å². The number of carbonyl (C=O) groups excluding carboxylic acids is 1. The van der Waals surface area contributed by atoms with Gasteiger partial charge in [0.25, 0.3) is 0 Å². The van der Waals surface area contributed by atoms with Gasteiger partial charge in [0, 0.05) is 25.1 Å². The highest BCUT2D eigenvalue weighted by Crippen LogP contribution is 2.51. The van der Waals surface area contributed by atoms with Gasteiger partial charge in [-0.15, -0.1) is 11.3 Å². The number of anilines is 2. The highest BCUT2D eigenvalue weighted by molar-refractivity contribution is 7.18. The van der Waals surface area contributed by atoms with Crippen molar-refractivity contribution in [3.8, 4) is 0 Å². The van der Waals surface area contributed by atoms with Crippen molar-refractivity contribution >= 4 is 27.8 Å². The van der Waals surface area contributed by atoms with E-state index in [0.717, 1.165) is 22.1 Å². The number of hydrogen-bond donors (Lipinski definition) is 2. The van der Waals surface area contributed by atoms with E-state index in [0.29, 0.717) is 12.0 Å². The fourth-order valence-electron chi connectivity index (χ4n) is 3.22. The first-order valence-corrected chi connectivity index (χ1v) is 8.80. The number of ketones is 1. The van der Waals surface area contributed by atoms with E-state index in [1.54, 1.807) is 18.3 Å². The summed E-state index contributed by atoms with van der Waals surface area (Å²) in [5.41, 5.74) is 8.16. The molecule has 0 aromatic carbocycles. The Kier molecular flexibility index (Phi) is 4.22. The normalized spacial score (nSPS) is 20.7. The van der Waals surface area contributed by atoms with Gasteiger partial charge in [-0.2, -0.15) is 0 Å². The first kappa shape index (κ1) is 14.9. The molecule has 1 saturated carbocycles. The van der Waals surface area contributed by atoms with Gasteiger partial charge < -0.3 is 16.0 Å². The number of thiophene rings is 1. The second kappa shape index (κ2) is 5.97. The minimum absolute atomic E-state index is 0.0830. The number of hydrogen-bond acceptors (Lipinski definition) is 5. The second-order valence-electron chi connectivity index (χ2n) is 6.47. The van der Waals surface area contributed by atoms with Crippen molar-refractivity contribution in [2.45, 2.75) is 51.5 Å².